The predicted octanol–water partition coefficient (Wildman–Crippen LogP) is 1.72. The fourth-order valence-corrected chi connectivity index (χ4v) is 1.48. The zero-order valence-corrected chi connectivity index (χ0v) is 10.1. The molecule has 0 radical (unpaired) electrons. The van der Waals surface area contributed by atoms with Crippen molar-refractivity contribution in [1.29, 1.82) is 0 Å². The number of hydrogen-bond donors (Lipinski definition) is 1. The molecule has 0 atom stereocenters. The summed E-state index contributed by atoms with van der Waals surface area (Å²) < 4.78 is 7.45. The van der Waals surface area contributed by atoms with E-state index in [0.717, 1.165) is 30.2 Å². The van der Waals surface area contributed by atoms with Gasteiger partial charge in [-0.15, -0.1) is 0 Å². The van der Waals surface area contributed by atoms with E-state index in [1.165, 1.54) is 0 Å². The Kier molecular flexibility index (Phi) is 3.72. The van der Waals surface area contributed by atoms with Crippen LogP contribution in [0.25, 0.3) is 0 Å². The van der Waals surface area contributed by atoms with E-state index in [2.05, 4.69) is 22.3 Å². The highest BCUT2D eigenvalue weighted by atomic mass is 16.5. The Morgan fingerprint density at radius 2 is 2.29 bits per heavy atom. The summed E-state index contributed by atoms with van der Waals surface area (Å²) in [4.78, 5) is 4.08. The Hall–Kier alpha value is -1.88. The van der Waals surface area contributed by atoms with Crippen molar-refractivity contribution < 1.29 is 4.74 Å². The molecule has 0 spiro atoms. The molecule has 0 aliphatic carbocycles. The highest BCUT2D eigenvalue weighted by Gasteiger charge is 2.05. The minimum atomic E-state index is 0.721. The first-order valence-electron chi connectivity index (χ1n) is 5.59. The third-order valence-electron chi connectivity index (χ3n) is 2.34. The second-order valence-electron chi connectivity index (χ2n) is 3.72. The van der Waals surface area contributed by atoms with Gasteiger partial charge >= 0.3 is 0 Å². The van der Waals surface area contributed by atoms with E-state index in [1.807, 2.05) is 19.3 Å². The van der Waals surface area contributed by atoms with Crippen LogP contribution >= 0.6 is 0 Å². The summed E-state index contributed by atoms with van der Waals surface area (Å²) in [6.45, 7) is 3.77. The van der Waals surface area contributed by atoms with E-state index >= 15 is 0 Å². The normalized spacial score (nSPS) is 10.5. The first-order chi connectivity index (χ1) is 8.29. The first-order valence-corrected chi connectivity index (χ1v) is 5.59. The maximum Gasteiger partial charge on any atom is 0.165 e. The van der Waals surface area contributed by atoms with Gasteiger partial charge in [-0.2, -0.15) is 5.10 Å². The number of rotatable bonds is 5. The quantitative estimate of drug-likeness (QED) is 0.852. The summed E-state index contributed by atoms with van der Waals surface area (Å²) in [6, 6.07) is 1.95. The lowest BCUT2D eigenvalue weighted by molar-refractivity contribution is 0.470. The van der Waals surface area contributed by atoms with Gasteiger partial charge in [0, 0.05) is 25.4 Å². The number of nitrogens with zero attached hydrogens (tertiary/aromatic N) is 3. The van der Waals surface area contributed by atoms with E-state index in [9.17, 15) is 0 Å². The molecule has 0 saturated carbocycles. The van der Waals surface area contributed by atoms with E-state index in [4.69, 9.17) is 4.74 Å². The van der Waals surface area contributed by atoms with Crippen LogP contribution in [0.4, 0.5) is 0 Å². The van der Waals surface area contributed by atoms with Gasteiger partial charge in [0.25, 0.3) is 0 Å². The highest BCUT2D eigenvalue weighted by molar-refractivity contribution is 5.33. The van der Waals surface area contributed by atoms with Gasteiger partial charge in [0.2, 0.25) is 0 Å². The minimum Gasteiger partial charge on any atom is -0.452 e. The second kappa shape index (κ2) is 5.45. The summed E-state index contributed by atoms with van der Waals surface area (Å²) in [5, 5.41) is 7.33. The molecule has 2 rings (SSSR count). The Labute approximate surface area is 100 Å². The Bertz CT molecular complexity index is 481. The average molecular weight is 232 g/mol. The Balaban J connectivity index is 2.14. The molecule has 0 aliphatic heterocycles. The molecule has 2 heterocycles. The van der Waals surface area contributed by atoms with Crippen molar-refractivity contribution in [3.05, 3.63) is 36.4 Å². The molecule has 0 unspecified atom stereocenters. The lowest BCUT2D eigenvalue weighted by Crippen LogP contribution is -2.12. The van der Waals surface area contributed by atoms with Crippen molar-refractivity contribution in [2.75, 3.05) is 6.54 Å². The molecule has 5 heteroatoms. The van der Waals surface area contributed by atoms with Crippen LogP contribution in [0.2, 0.25) is 0 Å². The molecule has 0 fully saturated rings. The molecular formula is C12H16N4O. The molecule has 0 aromatic carbocycles. The zero-order valence-electron chi connectivity index (χ0n) is 10.1. The SMILES string of the molecule is CCNCc1ccncc1Oc1cnn(C)c1. The molecule has 5 nitrogen and oxygen atoms in total. The Morgan fingerprint density at radius 1 is 1.41 bits per heavy atom. The summed E-state index contributed by atoms with van der Waals surface area (Å²) in [6.07, 6.45) is 7.00. The minimum absolute atomic E-state index is 0.721. The van der Waals surface area contributed by atoms with Gasteiger partial charge in [0.15, 0.2) is 5.75 Å². The molecule has 0 amide bonds. The number of hydrogen-bond acceptors (Lipinski definition) is 4. The summed E-state index contributed by atoms with van der Waals surface area (Å²) in [5.74, 6) is 1.49. The molecule has 0 aliphatic rings. The summed E-state index contributed by atoms with van der Waals surface area (Å²) >= 11 is 0. The molecule has 90 valence electrons. The molecular weight excluding hydrogens is 216 g/mol. The van der Waals surface area contributed by atoms with Crippen LogP contribution in [0.3, 0.4) is 0 Å². The zero-order chi connectivity index (χ0) is 12.1. The van der Waals surface area contributed by atoms with E-state index < -0.39 is 0 Å². The van der Waals surface area contributed by atoms with Gasteiger partial charge in [-0.1, -0.05) is 6.92 Å². The van der Waals surface area contributed by atoms with Crippen LogP contribution in [0.5, 0.6) is 11.5 Å². The van der Waals surface area contributed by atoms with Crippen LogP contribution in [0, 0.1) is 0 Å². The van der Waals surface area contributed by atoms with Crippen LogP contribution in [-0.4, -0.2) is 21.3 Å². The number of aromatic nitrogens is 3. The van der Waals surface area contributed by atoms with Crippen molar-refractivity contribution in [3.63, 3.8) is 0 Å². The fourth-order valence-electron chi connectivity index (χ4n) is 1.48. The summed E-state index contributed by atoms with van der Waals surface area (Å²) in [5.41, 5.74) is 1.09. The molecule has 0 bridgehead atoms. The first kappa shape index (κ1) is 11.6. The van der Waals surface area contributed by atoms with E-state index in [1.54, 1.807) is 23.3 Å². The lowest BCUT2D eigenvalue weighted by atomic mass is 10.2. The number of aryl methyl sites for hydroxylation is 1. The Morgan fingerprint density at radius 3 is 3.00 bits per heavy atom. The van der Waals surface area contributed by atoms with Crippen molar-refractivity contribution in [2.24, 2.45) is 7.05 Å². The van der Waals surface area contributed by atoms with E-state index in [-0.39, 0.29) is 0 Å². The lowest BCUT2D eigenvalue weighted by Gasteiger charge is -2.09. The largest absolute Gasteiger partial charge is 0.452 e. The maximum absolute atomic E-state index is 5.74. The van der Waals surface area contributed by atoms with Crippen LogP contribution in [-0.2, 0) is 13.6 Å². The van der Waals surface area contributed by atoms with Crippen molar-refractivity contribution >= 4 is 0 Å². The number of ether oxygens (including phenoxy) is 1. The van der Waals surface area contributed by atoms with Crippen LogP contribution < -0.4 is 10.1 Å². The maximum atomic E-state index is 5.74. The fraction of sp³-hybridized carbons (Fsp3) is 0.333. The number of nitrogens with one attached hydrogen (secondary N) is 1. The van der Waals surface area contributed by atoms with Crippen molar-refractivity contribution in [1.82, 2.24) is 20.1 Å². The second-order valence-corrected chi connectivity index (χ2v) is 3.72. The molecule has 0 saturated heterocycles. The molecule has 2 aromatic rings. The van der Waals surface area contributed by atoms with E-state index in [0.29, 0.717) is 0 Å². The smallest absolute Gasteiger partial charge is 0.165 e. The van der Waals surface area contributed by atoms with Gasteiger partial charge < -0.3 is 10.1 Å². The third kappa shape index (κ3) is 3.04. The van der Waals surface area contributed by atoms with Gasteiger partial charge in [-0.25, -0.2) is 0 Å². The standard InChI is InChI=1S/C12H16N4O/c1-3-13-6-10-4-5-14-8-12(10)17-11-7-15-16(2)9-11/h4-5,7-9,13H,3,6H2,1-2H3. The van der Waals surface area contributed by atoms with Crippen LogP contribution in [0.15, 0.2) is 30.9 Å². The molecule has 17 heavy (non-hydrogen) atoms. The van der Waals surface area contributed by atoms with Crippen LogP contribution in [0.1, 0.15) is 12.5 Å². The molecule has 2 aromatic heterocycles. The van der Waals surface area contributed by atoms with Crippen molar-refractivity contribution in [2.45, 2.75) is 13.5 Å². The number of pyridine rings is 1. The van der Waals surface area contributed by atoms with Crippen molar-refractivity contribution in [3.8, 4) is 11.5 Å². The van der Waals surface area contributed by atoms with Gasteiger partial charge in [0.05, 0.1) is 18.6 Å². The highest BCUT2D eigenvalue weighted by Crippen LogP contribution is 2.23. The summed E-state index contributed by atoms with van der Waals surface area (Å²) in [7, 11) is 1.86. The van der Waals surface area contributed by atoms with Gasteiger partial charge in [0.1, 0.15) is 5.75 Å². The molecule has 1 N–H and O–H groups in total. The third-order valence-corrected chi connectivity index (χ3v) is 2.34. The topological polar surface area (TPSA) is 52.0 Å². The average Bonchev–Trinajstić information content (AvgIpc) is 2.74. The predicted molar refractivity (Wildman–Crippen MR) is 64.9 cm³/mol. The monoisotopic (exact) mass is 232 g/mol. The van der Waals surface area contributed by atoms with Gasteiger partial charge in [-0.05, 0) is 12.6 Å². The van der Waals surface area contributed by atoms with Gasteiger partial charge in [-0.3, -0.25) is 9.67 Å².